The predicted molar refractivity (Wildman–Crippen MR) is 122 cm³/mol. The van der Waals surface area contributed by atoms with Crippen molar-refractivity contribution >= 4 is 16.7 Å². The minimum Gasteiger partial charge on any atom is -0.353 e. The van der Waals surface area contributed by atoms with E-state index in [2.05, 4.69) is 63.1 Å². The van der Waals surface area contributed by atoms with E-state index in [0.717, 1.165) is 54.4 Å². The molecule has 0 spiro atoms. The Hall–Kier alpha value is -3.32. The molecule has 0 bridgehead atoms. The van der Waals surface area contributed by atoms with E-state index in [1.165, 1.54) is 5.56 Å². The van der Waals surface area contributed by atoms with Crippen LogP contribution in [-0.2, 0) is 5.54 Å². The van der Waals surface area contributed by atoms with Gasteiger partial charge in [0.1, 0.15) is 11.6 Å². The summed E-state index contributed by atoms with van der Waals surface area (Å²) in [6.45, 7) is 10.3. The number of fused-ring (bicyclic) bond motifs is 1. The van der Waals surface area contributed by atoms with Gasteiger partial charge in [-0.3, -0.25) is 9.88 Å². The summed E-state index contributed by atoms with van der Waals surface area (Å²) >= 11 is 0. The van der Waals surface area contributed by atoms with Crippen LogP contribution in [-0.4, -0.2) is 55.8 Å². The highest BCUT2D eigenvalue weighted by atomic mass is 15.3. The monoisotopic (exact) mass is 413 g/mol. The molecule has 0 unspecified atom stereocenters. The first-order valence-electron chi connectivity index (χ1n) is 10.7. The first kappa shape index (κ1) is 19.6. The van der Waals surface area contributed by atoms with Crippen LogP contribution in [0.15, 0.2) is 61.2 Å². The van der Waals surface area contributed by atoms with Crippen molar-refractivity contribution < 1.29 is 0 Å². The fraction of sp³-hybridized carbons (Fsp3) is 0.333. The zero-order valence-corrected chi connectivity index (χ0v) is 18.2. The van der Waals surface area contributed by atoms with Gasteiger partial charge in [0.25, 0.3) is 0 Å². The number of rotatable bonds is 4. The average Bonchev–Trinajstić information content (AvgIpc) is 3.30. The van der Waals surface area contributed by atoms with Gasteiger partial charge in [-0.15, -0.1) is 0 Å². The molecule has 0 N–H and O–H groups in total. The van der Waals surface area contributed by atoms with Crippen LogP contribution >= 0.6 is 0 Å². The summed E-state index contributed by atoms with van der Waals surface area (Å²) in [5.41, 5.74) is 3.13. The second-order valence-corrected chi connectivity index (χ2v) is 8.52. The molecule has 0 saturated carbocycles. The fourth-order valence-electron chi connectivity index (χ4n) is 4.35. The number of hydrogen-bond acceptors (Lipinski definition) is 6. The highest BCUT2D eigenvalue weighted by Crippen LogP contribution is 2.31. The van der Waals surface area contributed by atoms with Crippen molar-refractivity contribution in [1.29, 1.82) is 0 Å². The lowest BCUT2D eigenvalue weighted by Crippen LogP contribution is -2.53. The van der Waals surface area contributed by atoms with Crippen molar-refractivity contribution in [3.05, 3.63) is 72.6 Å². The third kappa shape index (κ3) is 3.65. The Balaban J connectivity index is 1.34. The molecule has 0 amide bonds. The minimum absolute atomic E-state index is 0.110. The molecule has 5 rings (SSSR count). The Morgan fingerprint density at radius 3 is 2.42 bits per heavy atom. The summed E-state index contributed by atoms with van der Waals surface area (Å²) in [7, 11) is 0. The Labute approximate surface area is 182 Å². The van der Waals surface area contributed by atoms with E-state index in [9.17, 15) is 0 Å². The highest BCUT2D eigenvalue weighted by Gasteiger charge is 2.33. The lowest BCUT2D eigenvalue weighted by Gasteiger charge is -2.44. The number of anilines is 1. The average molecular weight is 414 g/mol. The predicted octanol–water partition coefficient (Wildman–Crippen LogP) is 3.58. The Morgan fingerprint density at radius 1 is 0.903 bits per heavy atom. The van der Waals surface area contributed by atoms with Crippen LogP contribution in [0.1, 0.15) is 25.2 Å². The number of para-hydroxylation sites is 1. The van der Waals surface area contributed by atoms with Crippen LogP contribution in [0.4, 0.5) is 5.82 Å². The molecule has 158 valence electrons. The van der Waals surface area contributed by atoms with Gasteiger partial charge < -0.3 is 4.90 Å². The van der Waals surface area contributed by atoms with E-state index in [-0.39, 0.29) is 5.54 Å². The molecule has 4 heterocycles. The highest BCUT2D eigenvalue weighted by molar-refractivity contribution is 5.89. The topological polar surface area (TPSA) is 63.0 Å². The van der Waals surface area contributed by atoms with Crippen molar-refractivity contribution in [2.75, 3.05) is 31.1 Å². The number of benzene rings is 1. The number of piperazine rings is 1. The smallest absolute Gasteiger partial charge is 0.140 e. The van der Waals surface area contributed by atoms with Gasteiger partial charge in [-0.05, 0) is 45.0 Å². The van der Waals surface area contributed by atoms with Gasteiger partial charge in [0.15, 0.2) is 0 Å². The second-order valence-electron chi connectivity index (χ2n) is 8.52. The SMILES string of the molecule is Cc1nc(N2CCN(C(C)(C)c3cnn(-c4ccncc4)c3)CC2)c2ccccc2n1. The van der Waals surface area contributed by atoms with Crippen LogP contribution < -0.4 is 4.90 Å². The molecular weight excluding hydrogens is 386 g/mol. The summed E-state index contributed by atoms with van der Waals surface area (Å²) in [6, 6.07) is 12.2. The lowest BCUT2D eigenvalue weighted by atomic mass is 9.94. The van der Waals surface area contributed by atoms with E-state index >= 15 is 0 Å². The van der Waals surface area contributed by atoms with E-state index in [1.807, 2.05) is 36.0 Å². The Morgan fingerprint density at radius 2 is 1.65 bits per heavy atom. The molecule has 7 heteroatoms. The van der Waals surface area contributed by atoms with Gasteiger partial charge in [-0.25, -0.2) is 14.6 Å². The van der Waals surface area contributed by atoms with Gasteiger partial charge in [-0.2, -0.15) is 5.10 Å². The maximum atomic E-state index is 4.79. The molecule has 0 radical (unpaired) electrons. The van der Waals surface area contributed by atoms with Crippen LogP contribution in [0.2, 0.25) is 0 Å². The largest absolute Gasteiger partial charge is 0.353 e. The zero-order chi connectivity index (χ0) is 21.4. The Bertz CT molecular complexity index is 1190. The molecule has 1 fully saturated rings. The minimum atomic E-state index is -0.110. The van der Waals surface area contributed by atoms with Crippen molar-refractivity contribution in [1.82, 2.24) is 29.6 Å². The van der Waals surface area contributed by atoms with E-state index in [1.54, 1.807) is 12.4 Å². The first-order chi connectivity index (χ1) is 15.0. The number of pyridine rings is 1. The normalized spacial score (nSPS) is 15.5. The van der Waals surface area contributed by atoms with Crippen LogP contribution in [0, 0.1) is 6.92 Å². The summed E-state index contributed by atoms with van der Waals surface area (Å²) in [4.78, 5) is 18.4. The van der Waals surface area contributed by atoms with Crippen molar-refractivity contribution in [3.8, 4) is 5.69 Å². The number of aromatic nitrogens is 5. The van der Waals surface area contributed by atoms with Crippen molar-refractivity contribution in [2.45, 2.75) is 26.3 Å². The number of nitrogens with zero attached hydrogens (tertiary/aromatic N) is 7. The summed E-state index contributed by atoms with van der Waals surface area (Å²) in [5.74, 6) is 1.87. The van der Waals surface area contributed by atoms with E-state index < -0.39 is 0 Å². The van der Waals surface area contributed by atoms with Gasteiger partial charge in [-0.1, -0.05) is 12.1 Å². The molecule has 4 aromatic rings. The van der Waals surface area contributed by atoms with Crippen LogP contribution in [0.3, 0.4) is 0 Å². The van der Waals surface area contributed by atoms with E-state index in [0.29, 0.717) is 0 Å². The molecule has 7 nitrogen and oxygen atoms in total. The zero-order valence-electron chi connectivity index (χ0n) is 18.2. The molecule has 0 atom stereocenters. The molecule has 1 saturated heterocycles. The van der Waals surface area contributed by atoms with Gasteiger partial charge in [0, 0.05) is 61.3 Å². The van der Waals surface area contributed by atoms with Gasteiger partial charge >= 0.3 is 0 Å². The maximum Gasteiger partial charge on any atom is 0.140 e. The molecule has 31 heavy (non-hydrogen) atoms. The summed E-state index contributed by atoms with van der Waals surface area (Å²) < 4.78 is 1.92. The standard InChI is InChI=1S/C24H27N7/c1-18-27-22-7-5-4-6-21(22)23(28-18)29-12-14-30(15-13-29)24(2,3)19-16-26-31(17-19)20-8-10-25-11-9-20/h4-11,16-17H,12-15H2,1-3H3. The molecule has 1 aliphatic rings. The van der Waals surface area contributed by atoms with Crippen LogP contribution in [0.25, 0.3) is 16.6 Å². The summed E-state index contributed by atoms with van der Waals surface area (Å²) in [5, 5.41) is 5.71. The lowest BCUT2D eigenvalue weighted by molar-refractivity contribution is 0.111. The third-order valence-corrected chi connectivity index (χ3v) is 6.28. The Kier molecular flexibility index (Phi) is 4.90. The number of aryl methyl sites for hydroxylation is 1. The quantitative estimate of drug-likeness (QED) is 0.510. The molecular formula is C24H27N7. The van der Waals surface area contributed by atoms with Gasteiger partial charge in [0.05, 0.1) is 17.4 Å². The second kappa shape index (κ2) is 7.74. The maximum absolute atomic E-state index is 4.79. The molecule has 0 aliphatic carbocycles. The molecule has 3 aromatic heterocycles. The van der Waals surface area contributed by atoms with E-state index in [4.69, 9.17) is 4.98 Å². The molecule has 1 aliphatic heterocycles. The first-order valence-corrected chi connectivity index (χ1v) is 10.7. The number of hydrogen-bond donors (Lipinski definition) is 0. The van der Waals surface area contributed by atoms with Gasteiger partial charge in [0.2, 0.25) is 0 Å². The molecule has 1 aromatic carbocycles. The third-order valence-electron chi connectivity index (χ3n) is 6.28. The fourth-order valence-corrected chi connectivity index (χ4v) is 4.35. The summed E-state index contributed by atoms with van der Waals surface area (Å²) in [6.07, 6.45) is 7.69. The van der Waals surface area contributed by atoms with Crippen LogP contribution in [0.5, 0.6) is 0 Å². The van der Waals surface area contributed by atoms with Crippen molar-refractivity contribution in [3.63, 3.8) is 0 Å². The van der Waals surface area contributed by atoms with Crippen molar-refractivity contribution in [2.24, 2.45) is 0 Å².